The van der Waals surface area contributed by atoms with Crippen molar-refractivity contribution in [2.24, 2.45) is 0 Å². The smallest absolute Gasteiger partial charge is 0.410 e. The van der Waals surface area contributed by atoms with Crippen LogP contribution in [-0.2, 0) is 16.6 Å². The predicted molar refractivity (Wildman–Crippen MR) is 100.0 cm³/mol. The third-order valence-electron chi connectivity index (χ3n) is 4.27. The first-order chi connectivity index (χ1) is 13.4. The van der Waals surface area contributed by atoms with Crippen LogP contribution in [0, 0.1) is 10.1 Å². The summed E-state index contributed by atoms with van der Waals surface area (Å²) in [6.45, 7) is 4.27. The Balaban J connectivity index is 1.88. The van der Waals surface area contributed by atoms with Crippen LogP contribution in [0.1, 0.15) is 20.3 Å². The van der Waals surface area contributed by atoms with Gasteiger partial charge in [0.1, 0.15) is 12.7 Å². The van der Waals surface area contributed by atoms with Gasteiger partial charge in [-0.3, -0.25) is 0 Å². The van der Waals surface area contributed by atoms with Crippen molar-refractivity contribution in [3.05, 3.63) is 40.6 Å². The second-order valence-electron chi connectivity index (χ2n) is 6.29. The van der Waals surface area contributed by atoms with Gasteiger partial charge in [-0.15, -0.1) is 0 Å². The molecule has 0 saturated heterocycles. The van der Waals surface area contributed by atoms with Gasteiger partial charge < -0.3 is 19.6 Å². The minimum Gasteiger partial charge on any atom is -0.486 e. The Morgan fingerprint density at radius 1 is 1.32 bits per heavy atom. The Kier molecular flexibility index (Phi) is 5.84. The van der Waals surface area contributed by atoms with Crippen molar-refractivity contribution in [3.8, 4) is 11.5 Å². The Bertz CT molecular complexity index is 958. The van der Waals surface area contributed by atoms with E-state index in [1.54, 1.807) is 25.1 Å². The second kappa shape index (κ2) is 8.15. The lowest BCUT2D eigenvalue weighted by Crippen LogP contribution is -2.44. The van der Waals surface area contributed by atoms with Crippen molar-refractivity contribution in [1.29, 1.82) is 0 Å². The molecule has 1 aromatic carbocycles. The summed E-state index contributed by atoms with van der Waals surface area (Å²) < 4.78 is 40.3. The third-order valence-corrected chi connectivity index (χ3v) is 6.13. The lowest BCUT2D eigenvalue weighted by molar-refractivity contribution is -0.392. The summed E-state index contributed by atoms with van der Waals surface area (Å²) in [4.78, 5) is 10.1. The number of aryl methyl sites for hydroxylation is 1. The normalized spacial score (nSPS) is 16.3. The number of hydrogen-bond acceptors (Lipinski definition) is 7. The Labute approximate surface area is 162 Å². The average molecular weight is 410 g/mol. The predicted octanol–water partition coefficient (Wildman–Crippen LogP) is 2.05. The lowest BCUT2D eigenvalue weighted by atomic mass is 10.2. The monoisotopic (exact) mass is 410 g/mol. The zero-order chi connectivity index (χ0) is 20.3. The van der Waals surface area contributed by atoms with E-state index in [0.717, 1.165) is 0 Å². The van der Waals surface area contributed by atoms with Gasteiger partial charge in [0.05, 0.1) is 24.4 Å². The number of fused-ring (bicyclic) bond motifs is 1. The summed E-state index contributed by atoms with van der Waals surface area (Å²) in [5.41, 5.74) is 0. The number of hydrogen-bond donors (Lipinski definition) is 0. The molecule has 1 aromatic heterocycles. The third kappa shape index (κ3) is 3.94. The molecule has 1 atom stereocenters. The van der Waals surface area contributed by atoms with Crippen molar-refractivity contribution in [2.75, 3.05) is 19.7 Å². The molecule has 0 saturated carbocycles. The molecule has 10 nitrogen and oxygen atoms in total. The fraction of sp³-hybridized carbons (Fsp3) is 0.471. The molecular formula is C17H22N4O6S. The van der Waals surface area contributed by atoms with Gasteiger partial charge in [-0.05, 0) is 30.4 Å². The van der Waals surface area contributed by atoms with E-state index in [9.17, 15) is 18.5 Å². The highest BCUT2D eigenvalue weighted by Crippen LogP contribution is 2.32. The van der Waals surface area contributed by atoms with Gasteiger partial charge in [-0.1, -0.05) is 19.1 Å². The molecule has 1 aliphatic rings. The van der Waals surface area contributed by atoms with Crippen LogP contribution in [0.15, 0.2) is 35.4 Å². The molecule has 0 unspecified atom stereocenters. The zero-order valence-electron chi connectivity index (χ0n) is 15.6. The molecule has 0 spiro atoms. The molecule has 3 rings (SSSR count). The molecule has 2 aromatic rings. The molecule has 0 N–H and O–H groups in total. The Hall–Kier alpha value is -2.66. The van der Waals surface area contributed by atoms with E-state index in [0.29, 0.717) is 24.5 Å². The fourth-order valence-electron chi connectivity index (χ4n) is 2.94. The molecule has 0 aliphatic carbocycles. The van der Waals surface area contributed by atoms with Crippen LogP contribution in [0.2, 0.25) is 0 Å². The molecule has 0 amide bonds. The zero-order valence-corrected chi connectivity index (χ0v) is 16.5. The van der Waals surface area contributed by atoms with E-state index in [4.69, 9.17) is 9.47 Å². The summed E-state index contributed by atoms with van der Waals surface area (Å²) >= 11 is 0. The van der Waals surface area contributed by atoms with Gasteiger partial charge in [-0.2, -0.15) is 8.99 Å². The largest absolute Gasteiger partial charge is 0.486 e. The molecule has 1 aliphatic heterocycles. The Morgan fingerprint density at radius 3 is 2.68 bits per heavy atom. The van der Waals surface area contributed by atoms with Crippen LogP contribution < -0.4 is 9.47 Å². The second-order valence-corrected chi connectivity index (χ2v) is 8.20. The highest BCUT2D eigenvalue weighted by Gasteiger charge is 2.37. The maximum atomic E-state index is 13.2. The van der Waals surface area contributed by atoms with Gasteiger partial charge in [0.25, 0.3) is 10.0 Å². The number of sulfonamides is 1. The molecule has 0 radical (unpaired) electrons. The number of nitro groups is 1. The number of rotatable bonds is 8. The van der Waals surface area contributed by atoms with Crippen molar-refractivity contribution >= 4 is 15.8 Å². The van der Waals surface area contributed by atoms with Crippen LogP contribution in [0.3, 0.4) is 0 Å². The highest BCUT2D eigenvalue weighted by atomic mass is 32.2. The van der Waals surface area contributed by atoms with E-state index in [2.05, 4.69) is 5.10 Å². The molecular weight excluding hydrogens is 388 g/mol. The summed E-state index contributed by atoms with van der Waals surface area (Å²) in [6, 6.07) is 7.14. The number of nitrogens with zero attached hydrogens (tertiary/aromatic N) is 4. The lowest BCUT2D eigenvalue weighted by Gasteiger charge is -2.30. The van der Waals surface area contributed by atoms with Crippen LogP contribution >= 0.6 is 0 Å². The van der Waals surface area contributed by atoms with E-state index in [1.165, 1.54) is 15.2 Å². The van der Waals surface area contributed by atoms with Crippen molar-refractivity contribution < 1.29 is 22.8 Å². The van der Waals surface area contributed by atoms with Crippen molar-refractivity contribution in [1.82, 2.24) is 14.1 Å². The molecule has 0 fully saturated rings. The number of aromatic nitrogens is 2. The first-order valence-corrected chi connectivity index (χ1v) is 10.4. The molecule has 152 valence electrons. The average Bonchev–Trinajstić information content (AvgIpc) is 3.13. The van der Waals surface area contributed by atoms with E-state index >= 15 is 0 Å². The van der Waals surface area contributed by atoms with Crippen molar-refractivity contribution in [3.63, 3.8) is 0 Å². The van der Waals surface area contributed by atoms with Gasteiger partial charge >= 0.3 is 5.82 Å². The minimum absolute atomic E-state index is 0.0129. The van der Waals surface area contributed by atoms with Crippen molar-refractivity contribution in [2.45, 2.75) is 37.8 Å². The van der Waals surface area contributed by atoms with Crippen LogP contribution in [0.5, 0.6) is 11.5 Å². The first-order valence-electron chi connectivity index (χ1n) is 8.97. The molecule has 2 heterocycles. The summed E-state index contributed by atoms with van der Waals surface area (Å²) in [5, 5.41) is 15.1. The summed E-state index contributed by atoms with van der Waals surface area (Å²) in [6.07, 6.45) is 1.21. The van der Waals surface area contributed by atoms with Gasteiger partial charge in [0.15, 0.2) is 11.5 Å². The van der Waals surface area contributed by atoms with Crippen LogP contribution in [-0.4, -0.2) is 53.2 Å². The van der Waals surface area contributed by atoms with E-state index < -0.39 is 31.8 Å². The SMILES string of the molecule is CCCN(C[C@@H]1COc2ccccc2O1)S(=O)(=O)c1cn(CC)nc1[N+](=O)[O-]. The first kappa shape index (κ1) is 20.1. The standard InChI is InChI=1S/C17H22N4O6S/c1-3-9-20(10-13-12-26-14-7-5-6-8-15(14)27-13)28(24,25)16-11-19(4-2)18-17(16)21(22)23/h5-8,11,13H,3-4,9-10,12H2,1-2H3/t13-/m1/s1. The topological polar surface area (TPSA) is 117 Å². The summed E-state index contributed by atoms with van der Waals surface area (Å²) in [7, 11) is -4.13. The maximum Gasteiger partial charge on any atom is 0.410 e. The fourth-order valence-corrected chi connectivity index (χ4v) is 4.61. The van der Waals surface area contributed by atoms with E-state index in [1.807, 2.05) is 13.0 Å². The highest BCUT2D eigenvalue weighted by molar-refractivity contribution is 7.89. The van der Waals surface area contributed by atoms with Gasteiger partial charge in [0.2, 0.25) is 4.90 Å². The molecule has 0 bridgehead atoms. The summed E-state index contributed by atoms with van der Waals surface area (Å²) in [5.74, 6) is 0.468. The number of benzene rings is 1. The van der Waals surface area contributed by atoms with Crippen LogP contribution in [0.4, 0.5) is 5.82 Å². The Morgan fingerprint density at radius 2 is 2.04 bits per heavy atom. The number of ether oxygens (including phenoxy) is 2. The van der Waals surface area contributed by atoms with Gasteiger partial charge in [0, 0.05) is 6.54 Å². The quantitative estimate of drug-likeness (QED) is 0.483. The number of para-hydroxylation sites is 2. The van der Waals surface area contributed by atoms with Crippen LogP contribution in [0.25, 0.3) is 0 Å². The minimum atomic E-state index is -4.13. The molecule has 11 heteroatoms. The van der Waals surface area contributed by atoms with E-state index in [-0.39, 0.29) is 19.7 Å². The van der Waals surface area contributed by atoms with Gasteiger partial charge in [-0.25, -0.2) is 8.42 Å². The molecule has 28 heavy (non-hydrogen) atoms. The maximum absolute atomic E-state index is 13.2.